The second kappa shape index (κ2) is 5.90. The van der Waals surface area contributed by atoms with Gasteiger partial charge in [0.25, 0.3) is 0 Å². The van der Waals surface area contributed by atoms with Crippen molar-refractivity contribution in [2.45, 2.75) is 20.4 Å². The van der Waals surface area contributed by atoms with E-state index < -0.39 is 11.9 Å². The Morgan fingerprint density at radius 1 is 1.38 bits per heavy atom. The molecule has 86 valence electrons. The molecule has 0 radical (unpaired) electrons. The Balaban J connectivity index is 2.46. The van der Waals surface area contributed by atoms with Gasteiger partial charge in [-0.25, -0.2) is 4.79 Å². The quantitative estimate of drug-likeness (QED) is 0.616. The van der Waals surface area contributed by atoms with Crippen molar-refractivity contribution < 1.29 is 14.3 Å². The number of carbonyl (C=O) groups is 2. The van der Waals surface area contributed by atoms with Crippen LogP contribution in [0, 0.1) is 6.92 Å². The third-order valence-electron chi connectivity index (χ3n) is 2.00. The maximum absolute atomic E-state index is 11.2. The van der Waals surface area contributed by atoms with Gasteiger partial charge in [-0.15, -0.1) is 0 Å². The zero-order valence-electron chi connectivity index (χ0n) is 9.45. The third-order valence-corrected chi connectivity index (χ3v) is 2.00. The number of esters is 1. The van der Waals surface area contributed by atoms with E-state index >= 15 is 0 Å². The van der Waals surface area contributed by atoms with E-state index in [1.807, 2.05) is 31.2 Å². The van der Waals surface area contributed by atoms with Crippen molar-refractivity contribution in [3.05, 3.63) is 35.4 Å². The van der Waals surface area contributed by atoms with Crippen LogP contribution >= 0.6 is 0 Å². The van der Waals surface area contributed by atoms with E-state index in [0.29, 0.717) is 6.54 Å². The number of benzene rings is 1. The minimum Gasteiger partial charge on any atom is -0.459 e. The second-order valence-electron chi connectivity index (χ2n) is 3.39. The number of nitrogens with one attached hydrogen (secondary N) is 1. The molecular formula is C12H15NO3. The molecule has 1 N–H and O–H groups in total. The first kappa shape index (κ1) is 12.2. The van der Waals surface area contributed by atoms with E-state index in [1.54, 1.807) is 6.92 Å². The highest BCUT2D eigenvalue weighted by molar-refractivity contribution is 6.32. The van der Waals surface area contributed by atoms with Gasteiger partial charge in [0.1, 0.15) is 0 Å². The second-order valence-corrected chi connectivity index (χ2v) is 3.39. The highest BCUT2D eigenvalue weighted by atomic mass is 16.5. The van der Waals surface area contributed by atoms with Crippen LogP contribution in [0.2, 0.25) is 0 Å². The van der Waals surface area contributed by atoms with E-state index in [2.05, 4.69) is 10.1 Å². The van der Waals surface area contributed by atoms with Crippen LogP contribution in [0.1, 0.15) is 18.1 Å². The molecule has 0 saturated carbocycles. The molecule has 0 heterocycles. The molecular weight excluding hydrogens is 206 g/mol. The Kier molecular flexibility index (Phi) is 4.51. The lowest BCUT2D eigenvalue weighted by Gasteiger charge is -2.05. The molecule has 0 spiro atoms. The summed E-state index contributed by atoms with van der Waals surface area (Å²) in [4.78, 5) is 22.2. The number of aryl methyl sites for hydroxylation is 1. The molecule has 0 aliphatic carbocycles. The van der Waals surface area contributed by atoms with Gasteiger partial charge in [0.05, 0.1) is 6.61 Å². The van der Waals surface area contributed by atoms with Crippen LogP contribution in [-0.4, -0.2) is 18.5 Å². The van der Waals surface area contributed by atoms with Crippen molar-refractivity contribution in [2.24, 2.45) is 0 Å². The molecule has 1 rings (SSSR count). The summed E-state index contributed by atoms with van der Waals surface area (Å²) in [6.07, 6.45) is 0. The summed E-state index contributed by atoms with van der Waals surface area (Å²) in [5.74, 6) is -1.54. The van der Waals surface area contributed by atoms with E-state index in [-0.39, 0.29) is 6.61 Å². The third kappa shape index (κ3) is 3.73. The summed E-state index contributed by atoms with van der Waals surface area (Å²) in [6.45, 7) is 4.17. The van der Waals surface area contributed by atoms with Gasteiger partial charge in [-0.05, 0) is 19.4 Å². The minimum atomic E-state index is -0.838. The van der Waals surface area contributed by atoms with Crippen LogP contribution in [0.3, 0.4) is 0 Å². The zero-order chi connectivity index (χ0) is 12.0. The lowest BCUT2D eigenvalue weighted by atomic mass is 10.1. The van der Waals surface area contributed by atoms with Gasteiger partial charge in [-0.1, -0.05) is 29.8 Å². The molecule has 4 nitrogen and oxygen atoms in total. The minimum absolute atomic E-state index is 0.205. The van der Waals surface area contributed by atoms with Crippen molar-refractivity contribution >= 4 is 11.9 Å². The normalized spacial score (nSPS) is 9.62. The fourth-order valence-corrected chi connectivity index (χ4v) is 1.27. The molecule has 0 aliphatic heterocycles. The van der Waals surface area contributed by atoms with Crippen LogP contribution in [0.15, 0.2) is 24.3 Å². The molecule has 0 atom stereocenters. The predicted octanol–water partition coefficient (Wildman–Crippen LogP) is 1.17. The standard InChI is InChI=1S/C12H15NO3/c1-3-16-12(15)11(14)13-8-10-6-4-5-9(2)7-10/h4-7H,3,8H2,1-2H3,(H,13,14). The molecule has 16 heavy (non-hydrogen) atoms. The molecule has 1 aromatic rings. The highest BCUT2D eigenvalue weighted by Crippen LogP contribution is 2.03. The Bertz CT molecular complexity index is 388. The number of hydrogen-bond acceptors (Lipinski definition) is 3. The fourth-order valence-electron chi connectivity index (χ4n) is 1.27. The molecule has 1 aromatic carbocycles. The number of rotatable bonds is 3. The molecule has 0 saturated heterocycles. The first-order valence-corrected chi connectivity index (χ1v) is 5.14. The average molecular weight is 221 g/mol. The summed E-state index contributed by atoms with van der Waals surface area (Å²) in [6, 6.07) is 7.71. The van der Waals surface area contributed by atoms with Crippen molar-refractivity contribution in [3.8, 4) is 0 Å². The van der Waals surface area contributed by atoms with Crippen molar-refractivity contribution in [2.75, 3.05) is 6.61 Å². The summed E-state index contributed by atoms with van der Waals surface area (Å²) in [7, 11) is 0. The monoisotopic (exact) mass is 221 g/mol. The van der Waals surface area contributed by atoms with Crippen molar-refractivity contribution in [1.29, 1.82) is 0 Å². The Labute approximate surface area is 94.6 Å². The van der Waals surface area contributed by atoms with E-state index in [4.69, 9.17) is 0 Å². The van der Waals surface area contributed by atoms with E-state index in [1.165, 1.54) is 0 Å². The van der Waals surface area contributed by atoms with Crippen molar-refractivity contribution in [1.82, 2.24) is 5.32 Å². The fraction of sp³-hybridized carbons (Fsp3) is 0.333. The summed E-state index contributed by atoms with van der Waals surface area (Å²) in [5, 5.41) is 2.50. The first-order valence-electron chi connectivity index (χ1n) is 5.14. The Morgan fingerprint density at radius 3 is 2.75 bits per heavy atom. The summed E-state index contributed by atoms with van der Waals surface area (Å²) in [5.41, 5.74) is 2.07. The van der Waals surface area contributed by atoms with Crippen LogP contribution in [0.4, 0.5) is 0 Å². The van der Waals surface area contributed by atoms with Gasteiger partial charge in [-0.3, -0.25) is 4.79 Å². The smallest absolute Gasteiger partial charge is 0.396 e. The van der Waals surface area contributed by atoms with Crippen LogP contribution in [-0.2, 0) is 20.9 Å². The van der Waals surface area contributed by atoms with Gasteiger partial charge in [0, 0.05) is 6.54 Å². The number of amides is 1. The lowest BCUT2D eigenvalue weighted by molar-refractivity contribution is -0.154. The predicted molar refractivity (Wildman–Crippen MR) is 59.7 cm³/mol. The lowest BCUT2D eigenvalue weighted by Crippen LogP contribution is -2.32. The largest absolute Gasteiger partial charge is 0.459 e. The number of hydrogen-bond donors (Lipinski definition) is 1. The molecule has 0 unspecified atom stereocenters. The average Bonchev–Trinajstić information content (AvgIpc) is 2.26. The van der Waals surface area contributed by atoms with E-state index in [0.717, 1.165) is 11.1 Å². The number of ether oxygens (including phenoxy) is 1. The molecule has 0 fully saturated rings. The Hall–Kier alpha value is -1.84. The van der Waals surface area contributed by atoms with E-state index in [9.17, 15) is 9.59 Å². The highest BCUT2D eigenvalue weighted by Gasteiger charge is 2.13. The zero-order valence-corrected chi connectivity index (χ0v) is 9.45. The van der Waals surface area contributed by atoms with Gasteiger partial charge in [-0.2, -0.15) is 0 Å². The molecule has 4 heteroatoms. The maximum atomic E-state index is 11.2. The molecule has 1 amide bonds. The number of carbonyl (C=O) groups excluding carboxylic acids is 2. The first-order chi connectivity index (χ1) is 7.63. The maximum Gasteiger partial charge on any atom is 0.396 e. The molecule has 0 bridgehead atoms. The SMILES string of the molecule is CCOC(=O)C(=O)NCc1cccc(C)c1. The summed E-state index contributed by atoms with van der Waals surface area (Å²) < 4.78 is 4.56. The van der Waals surface area contributed by atoms with Gasteiger partial charge < -0.3 is 10.1 Å². The van der Waals surface area contributed by atoms with Crippen LogP contribution < -0.4 is 5.32 Å². The summed E-state index contributed by atoms with van der Waals surface area (Å²) >= 11 is 0. The van der Waals surface area contributed by atoms with Crippen LogP contribution in [0.5, 0.6) is 0 Å². The van der Waals surface area contributed by atoms with Gasteiger partial charge in [0.2, 0.25) is 0 Å². The van der Waals surface area contributed by atoms with Crippen LogP contribution in [0.25, 0.3) is 0 Å². The molecule has 0 aliphatic rings. The van der Waals surface area contributed by atoms with Gasteiger partial charge in [0.15, 0.2) is 0 Å². The van der Waals surface area contributed by atoms with Gasteiger partial charge >= 0.3 is 11.9 Å². The Morgan fingerprint density at radius 2 is 2.12 bits per heavy atom. The van der Waals surface area contributed by atoms with Crippen molar-refractivity contribution in [3.63, 3.8) is 0 Å². The molecule has 0 aromatic heterocycles. The topological polar surface area (TPSA) is 55.4 Å².